The van der Waals surface area contributed by atoms with E-state index in [1.807, 2.05) is 29.2 Å². The van der Waals surface area contributed by atoms with E-state index in [4.69, 9.17) is 5.73 Å². The molecular weight excluding hydrogens is 328 g/mol. The molecule has 5 nitrogen and oxygen atoms in total. The normalized spacial score (nSPS) is 18.6. The molecule has 1 saturated heterocycles. The summed E-state index contributed by atoms with van der Waals surface area (Å²) >= 11 is 0. The Bertz CT molecular complexity index is 625. The molecule has 2 rings (SSSR count). The highest BCUT2D eigenvalue weighted by atomic mass is 16.3. The lowest BCUT2D eigenvalue weighted by Crippen LogP contribution is -2.33. The molecule has 5 heteroatoms. The van der Waals surface area contributed by atoms with Gasteiger partial charge in [-0.2, -0.15) is 0 Å². The van der Waals surface area contributed by atoms with Crippen LogP contribution in [-0.4, -0.2) is 40.5 Å². The maximum Gasteiger partial charge on any atom is 0.248 e. The van der Waals surface area contributed by atoms with Crippen molar-refractivity contribution < 1.29 is 14.7 Å². The molecule has 0 spiro atoms. The molecule has 0 radical (unpaired) electrons. The Hall–Kier alpha value is -2.14. The minimum absolute atomic E-state index is 0.0632. The maximum atomic E-state index is 12.2. The van der Waals surface area contributed by atoms with Crippen molar-refractivity contribution in [2.24, 2.45) is 5.73 Å². The van der Waals surface area contributed by atoms with Crippen molar-refractivity contribution in [1.82, 2.24) is 4.90 Å². The van der Waals surface area contributed by atoms with Gasteiger partial charge in [-0.25, -0.2) is 0 Å². The summed E-state index contributed by atoms with van der Waals surface area (Å²) in [4.78, 5) is 25.2. The van der Waals surface area contributed by atoms with Crippen molar-refractivity contribution in [2.45, 2.75) is 64.0 Å². The van der Waals surface area contributed by atoms with E-state index in [1.54, 1.807) is 12.1 Å². The Morgan fingerprint density at radius 3 is 2.73 bits per heavy atom. The minimum atomic E-state index is -0.436. The summed E-state index contributed by atoms with van der Waals surface area (Å²) in [5, 5.41) is 10.0. The van der Waals surface area contributed by atoms with Crippen LogP contribution >= 0.6 is 0 Å². The van der Waals surface area contributed by atoms with Gasteiger partial charge in [-0.1, -0.05) is 50.5 Å². The highest BCUT2D eigenvalue weighted by Crippen LogP contribution is 2.21. The van der Waals surface area contributed by atoms with E-state index in [2.05, 4.69) is 6.92 Å². The molecule has 0 saturated carbocycles. The van der Waals surface area contributed by atoms with Crippen molar-refractivity contribution in [1.29, 1.82) is 0 Å². The Morgan fingerprint density at radius 2 is 2.08 bits per heavy atom. The van der Waals surface area contributed by atoms with Crippen LogP contribution in [0, 0.1) is 0 Å². The molecule has 1 aliphatic rings. The van der Waals surface area contributed by atoms with Crippen molar-refractivity contribution in [2.75, 3.05) is 6.54 Å². The molecule has 1 aromatic rings. The van der Waals surface area contributed by atoms with Gasteiger partial charge in [0.05, 0.1) is 12.1 Å². The average Bonchev–Trinajstić information content (AvgIpc) is 2.98. The van der Waals surface area contributed by atoms with Crippen molar-refractivity contribution >= 4 is 11.8 Å². The number of rotatable bonds is 10. The molecule has 142 valence electrons. The van der Waals surface area contributed by atoms with Crippen molar-refractivity contribution in [3.05, 3.63) is 47.5 Å². The van der Waals surface area contributed by atoms with Crippen LogP contribution in [0.5, 0.6) is 0 Å². The summed E-state index contributed by atoms with van der Waals surface area (Å²) in [6.07, 6.45) is 9.56. The predicted molar refractivity (Wildman–Crippen MR) is 103 cm³/mol. The second kappa shape index (κ2) is 10.1. The summed E-state index contributed by atoms with van der Waals surface area (Å²) in [6.45, 7) is 2.78. The van der Waals surface area contributed by atoms with Crippen LogP contribution in [0.15, 0.2) is 36.4 Å². The van der Waals surface area contributed by atoms with Gasteiger partial charge in [-0.05, 0) is 37.0 Å². The van der Waals surface area contributed by atoms with Gasteiger partial charge in [-0.3, -0.25) is 9.59 Å². The first kappa shape index (κ1) is 20.2. The Balaban J connectivity index is 1.87. The third-order valence-corrected chi connectivity index (χ3v) is 4.91. The highest BCUT2D eigenvalue weighted by molar-refractivity contribution is 5.92. The number of hydrogen-bond acceptors (Lipinski definition) is 3. The van der Waals surface area contributed by atoms with Crippen LogP contribution in [0.25, 0.3) is 0 Å². The van der Waals surface area contributed by atoms with Crippen LogP contribution in [0.1, 0.15) is 61.4 Å². The monoisotopic (exact) mass is 358 g/mol. The van der Waals surface area contributed by atoms with Gasteiger partial charge in [0.15, 0.2) is 0 Å². The van der Waals surface area contributed by atoms with Crippen LogP contribution in [-0.2, 0) is 11.2 Å². The van der Waals surface area contributed by atoms with E-state index in [9.17, 15) is 14.7 Å². The van der Waals surface area contributed by atoms with Crippen molar-refractivity contribution in [3.8, 4) is 0 Å². The van der Waals surface area contributed by atoms with Gasteiger partial charge in [0.25, 0.3) is 0 Å². The summed E-state index contributed by atoms with van der Waals surface area (Å²) in [5.41, 5.74) is 6.81. The quantitative estimate of drug-likeness (QED) is 0.498. The molecule has 0 aromatic heterocycles. The summed E-state index contributed by atoms with van der Waals surface area (Å²) < 4.78 is 0. The molecule has 0 bridgehead atoms. The van der Waals surface area contributed by atoms with Gasteiger partial charge in [0, 0.05) is 18.5 Å². The van der Waals surface area contributed by atoms with Crippen LogP contribution in [0.3, 0.4) is 0 Å². The first-order valence-electron chi connectivity index (χ1n) is 9.56. The number of hydrogen-bond donors (Lipinski definition) is 2. The molecule has 1 fully saturated rings. The number of primary amides is 1. The zero-order chi connectivity index (χ0) is 18.9. The first-order valence-corrected chi connectivity index (χ1v) is 9.56. The molecule has 2 amide bonds. The molecule has 0 unspecified atom stereocenters. The van der Waals surface area contributed by atoms with E-state index in [0.717, 1.165) is 44.1 Å². The number of unbranched alkanes of at least 4 members (excludes halogenated alkanes) is 2. The topological polar surface area (TPSA) is 83.6 Å². The van der Waals surface area contributed by atoms with E-state index in [1.165, 1.54) is 0 Å². The summed E-state index contributed by atoms with van der Waals surface area (Å²) in [5.74, 6) is -0.275. The molecule has 1 aromatic carbocycles. The van der Waals surface area contributed by atoms with Crippen LogP contribution in [0.4, 0.5) is 0 Å². The van der Waals surface area contributed by atoms with Crippen molar-refractivity contribution in [3.63, 3.8) is 0 Å². The lowest BCUT2D eigenvalue weighted by Gasteiger charge is -2.23. The lowest BCUT2D eigenvalue weighted by atomic mass is 10.1. The van der Waals surface area contributed by atoms with Gasteiger partial charge < -0.3 is 15.7 Å². The molecule has 3 N–H and O–H groups in total. The van der Waals surface area contributed by atoms with E-state index < -0.39 is 12.0 Å². The fraction of sp³-hybridized carbons (Fsp3) is 0.524. The third kappa shape index (κ3) is 5.99. The number of aliphatic hydroxyl groups excluding tert-OH is 1. The van der Waals surface area contributed by atoms with Gasteiger partial charge in [-0.15, -0.1) is 0 Å². The number of nitrogens with two attached hydrogens (primary N) is 1. The standard InChI is InChI=1S/C21H30N2O3/c1-2-3-4-5-19(24)12-10-18-11-13-20(25)23(18)15-14-16-6-8-17(9-7-16)21(22)26/h6-10,12,18-19,24H,2-5,11,13-15H2,1H3,(H2,22,26)/t18-,19-/m0/s1. The number of carbonyl (C=O) groups excluding carboxylic acids is 2. The number of nitrogens with zero attached hydrogens (tertiary/aromatic N) is 1. The smallest absolute Gasteiger partial charge is 0.248 e. The third-order valence-electron chi connectivity index (χ3n) is 4.91. The SMILES string of the molecule is CCCCC[C@H](O)C=C[C@H]1CCC(=O)N1CCc1ccc(C(N)=O)cc1. The number of amides is 2. The number of likely N-dealkylation sites (tertiary alicyclic amines) is 1. The highest BCUT2D eigenvalue weighted by Gasteiger charge is 2.28. The zero-order valence-corrected chi connectivity index (χ0v) is 15.6. The zero-order valence-electron chi connectivity index (χ0n) is 15.6. The largest absolute Gasteiger partial charge is 0.389 e. The van der Waals surface area contributed by atoms with E-state index in [-0.39, 0.29) is 11.9 Å². The number of aliphatic hydroxyl groups is 1. The lowest BCUT2D eigenvalue weighted by molar-refractivity contribution is -0.128. The Morgan fingerprint density at radius 1 is 1.35 bits per heavy atom. The number of benzene rings is 1. The van der Waals surface area contributed by atoms with Gasteiger partial charge in [0.1, 0.15) is 0 Å². The second-order valence-corrected chi connectivity index (χ2v) is 6.95. The maximum absolute atomic E-state index is 12.2. The summed E-state index contributed by atoms with van der Waals surface area (Å²) in [7, 11) is 0. The Kier molecular flexibility index (Phi) is 7.85. The first-order chi connectivity index (χ1) is 12.5. The molecule has 2 atom stereocenters. The fourth-order valence-electron chi connectivity index (χ4n) is 3.29. The molecule has 1 heterocycles. The Labute approximate surface area is 155 Å². The van der Waals surface area contributed by atoms with E-state index in [0.29, 0.717) is 18.5 Å². The molecule has 26 heavy (non-hydrogen) atoms. The minimum Gasteiger partial charge on any atom is -0.389 e. The fourth-order valence-corrected chi connectivity index (χ4v) is 3.29. The number of carbonyl (C=O) groups is 2. The van der Waals surface area contributed by atoms with Gasteiger partial charge in [0.2, 0.25) is 11.8 Å². The van der Waals surface area contributed by atoms with Crippen LogP contribution < -0.4 is 5.73 Å². The van der Waals surface area contributed by atoms with E-state index >= 15 is 0 Å². The van der Waals surface area contributed by atoms with Gasteiger partial charge >= 0.3 is 0 Å². The predicted octanol–water partition coefficient (Wildman–Crippen LogP) is 2.82. The molecular formula is C21H30N2O3. The molecule has 1 aliphatic heterocycles. The molecule has 0 aliphatic carbocycles. The summed E-state index contributed by atoms with van der Waals surface area (Å²) in [6, 6.07) is 7.25. The van der Waals surface area contributed by atoms with Crippen LogP contribution in [0.2, 0.25) is 0 Å². The second-order valence-electron chi connectivity index (χ2n) is 6.95. The average molecular weight is 358 g/mol.